The highest BCUT2D eigenvalue weighted by Crippen LogP contribution is 2.40. The van der Waals surface area contributed by atoms with Crippen molar-refractivity contribution in [3.8, 4) is 0 Å². The third-order valence-corrected chi connectivity index (χ3v) is 5.33. The topological polar surface area (TPSA) is 32.3 Å². The van der Waals surface area contributed by atoms with Crippen LogP contribution in [-0.2, 0) is 6.54 Å². The number of anilines is 1. The fourth-order valence-electron chi connectivity index (χ4n) is 4.19. The van der Waals surface area contributed by atoms with Gasteiger partial charge in [-0.05, 0) is 49.6 Å². The molecule has 2 aromatic rings. The van der Waals surface area contributed by atoms with Gasteiger partial charge in [0.15, 0.2) is 0 Å². The first-order valence-electron chi connectivity index (χ1n) is 8.71. The Kier molecular flexibility index (Phi) is 4.19. The SMILES string of the molecule is Fc1ccc(CN2CCC[C@@]3(CCN(c4ncccn4)C3)C2)cc1. The van der Waals surface area contributed by atoms with Gasteiger partial charge in [-0.25, -0.2) is 14.4 Å². The van der Waals surface area contributed by atoms with E-state index in [0.717, 1.165) is 38.7 Å². The van der Waals surface area contributed by atoms with Crippen LogP contribution in [0.15, 0.2) is 42.7 Å². The van der Waals surface area contributed by atoms with Crippen molar-refractivity contribution in [2.45, 2.75) is 25.8 Å². The number of likely N-dealkylation sites (tertiary alicyclic amines) is 1. The largest absolute Gasteiger partial charge is 0.340 e. The van der Waals surface area contributed by atoms with E-state index in [1.54, 1.807) is 12.1 Å². The van der Waals surface area contributed by atoms with Gasteiger partial charge < -0.3 is 4.90 Å². The molecule has 1 aromatic carbocycles. The van der Waals surface area contributed by atoms with Gasteiger partial charge in [0.1, 0.15) is 5.82 Å². The van der Waals surface area contributed by atoms with Crippen LogP contribution in [0.2, 0.25) is 0 Å². The van der Waals surface area contributed by atoms with Gasteiger partial charge in [-0.2, -0.15) is 0 Å². The number of aromatic nitrogens is 2. The van der Waals surface area contributed by atoms with Crippen molar-refractivity contribution in [2.75, 3.05) is 31.1 Å². The molecule has 1 spiro atoms. The molecule has 0 radical (unpaired) electrons. The second kappa shape index (κ2) is 6.48. The molecule has 0 bridgehead atoms. The maximum atomic E-state index is 13.1. The summed E-state index contributed by atoms with van der Waals surface area (Å²) < 4.78 is 13.1. The molecule has 5 heteroatoms. The van der Waals surface area contributed by atoms with Crippen molar-refractivity contribution in [1.29, 1.82) is 0 Å². The van der Waals surface area contributed by atoms with Crippen LogP contribution < -0.4 is 4.90 Å². The van der Waals surface area contributed by atoms with Crippen molar-refractivity contribution < 1.29 is 4.39 Å². The maximum Gasteiger partial charge on any atom is 0.225 e. The first kappa shape index (κ1) is 15.5. The van der Waals surface area contributed by atoms with E-state index in [1.807, 2.05) is 30.6 Å². The number of hydrogen-bond donors (Lipinski definition) is 0. The molecule has 4 nitrogen and oxygen atoms in total. The summed E-state index contributed by atoms with van der Waals surface area (Å²) in [6.45, 7) is 5.21. The fourth-order valence-corrected chi connectivity index (χ4v) is 4.19. The van der Waals surface area contributed by atoms with Gasteiger partial charge in [0.25, 0.3) is 0 Å². The maximum absolute atomic E-state index is 13.1. The Morgan fingerprint density at radius 1 is 1.00 bits per heavy atom. The van der Waals surface area contributed by atoms with Crippen LogP contribution in [-0.4, -0.2) is 41.0 Å². The average Bonchev–Trinajstić information content (AvgIpc) is 3.01. The Balaban J connectivity index is 1.42. The summed E-state index contributed by atoms with van der Waals surface area (Å²) in [5, 5.41) is 0. The molecule has 2 fully saturated rings. The summed E-state index contributed by atoms with van der Waals surface area (Å²) in [5.74, 6) is 0.688. The second-order valence-electron chi connectivity index (χ2n) is 7.16. The molecule has 1 aromatic heterocycles. The molecule has 2 aliphatic rings. The average molecular weight is 326 g/mol. The van der Waals surface area contributed by atoms with E-state index in [1.165, 1.54) is 24.8 Å². The number of rotatable bonds is 3. The number of hydrogen-bond acceptors (Lipinski definition) is 4. The van der Waals surface area contributed by atoms with E-state index in [-0.39, 0.29) is 5.82 Å². The van der Waals surface area contributed by atoms with Gasteiger partial charge in [-0.3, -0.25) is 4.90 Å². The van der Waals surface area contributed by atoms with E-state index < -0.39 is 0 Å². The van der Waals surface area contributed by atoms with Crippen molar-refractivity contribution in [1.82, 2.24) is 14.9 Å². The Hall–Kier alpha value is -2.01. The van der Waals surface area contributed by atoms with Gasteiger partial charge in [0.2, 0.25) is 5.95 Å². The number of nitrogens with zero attached hydrogens (tertiary/aromatic N) is 4. The third kappa shape index (κ3) is 3.26. The summed E-state index contributed by atoms with van der Waals surface area (Å²) in [4.78, 5) is 13.6. The highest BCUT2D eigenvalue weighted by Gasteiger charge is 2.41. The molecular weight excluding hydrogens is 303 g/mol. The zero-order valence-corrected chi connectivity index (χ0v) is 13.9. The highest BCUT2D eigenvalue weighted by molar-refractivity contribution is 5.32. The molecule has 126 valence electrons. The van der Waals surface area contributed by atoms with E-state index in [0.29, 0.717) is 5.41 Å². The molecule has 0 saturated carbocycles. The van der Waals surface area contributed by atoms with E-state index >= 15 is 0 Å². The molecule has 2 saturated heterocycles. The molecule has 0 amide bonds. The predicted molar refractivity (Wildman–Crippen MR) is 92.2 cm³/mol. The molecule has 1 atom stereocenters. The summed E-state index contributed by atoms with van der Waals surface area (Å²) in [6, 6.07) is 8.77. The summed E-state index contributed by atoms with van der Waals surface area (Å²) >= 11 is 0. The molecule has 0 aliphatic carbocycles. The van der Waals surface area contributed by atoms with Crippen molar-refractivity contribution in [3.05, 3.63) is 54.1 Å². The lowest BCUT2D eigenvalue weighted by atomic mass is 9.79. The zero-order chi connectivity index (χ0) is 16.4. The Morgan fingerprint density at radius 2 is 1.79 bits per heavy atom. The Bertz CT molecular complexity index is 676. The normalized spacial score (nSPS) is 24.6. The lowest BCUT2D eigenvalue weighted by molar-refractivity contribution is 0.0991. The number of benzene rings is 1. The van der Waals surface area contributed by atoms with Crippen LogP contribution in [0.4, 0.5) is 10.3 Å². The summed E-state index contributed by atoms with van der Waals surface area (Å²) in [5.41, 5.74) is 1.53. The van der Waals surface area contributed by atoms with Gasteiger partial charge >= 0.3 is 0 Å². The summed E-state index contributed by atoms with van der Waals surface area (Å²) in [6.07, 6.45) is 7.33. The number of piperidine rings is 1. The highest BCUT2D eigenvalue weighted by atomic mass is 19.1. The standard InChI is InChI=1S/C19H23FN4/c20-17-5-3-16(4-6-17)13-23-11-1-7-19(14-23)8-12-24(15-19)18-21-9-2-10-22-18/h2-6,9-10H,1,7-8,11-15H2/t19-/m1/s1. The van der Waals surface area contributed by atoms with E-state index in [9.17, 15) is 4.39 Å². The molecule has 24 heavy (non-hydrogen) atoms. The first-order chi connectivity index (χ1) is 11.7. The fraction of sp³-hybridized carbons (Fsp3) is 0.474. The van der Waals surface area contributed by atoms with Crippen LogP contribution >= 0.6 is 0 Å². The van der Waals surface area contributed by atoms with Crippen LogP contribution in [0, 0.1) is 11.2 Å². The summed E-state index contributed by atoms with van der Waals surface area (Å²) in [7, 11) is 0. The van der Waals surface area contributed by atoms with Crippen LogP contribution in [0.1, 0.15) is 24.8 Å². The predicted octanol–water partition coefficient (Wildman–Crippen LogP) is 3.11. The van der Waals surface area contributed by atoms with Gasteiger partial charge in [0.05, 0.1) is 0 Å². The third-order valence-electron chi connectivity index (χ3n) is 5.33. The molecular formula is C19H23FN4. The zero-order valence-electron chi connectivity index (χ0n) is 13.9. The molecule has 0 unspecified atom stereocenters. The Morgan fingerprint density at radius 3 is 2.58 bits per heavy atom. The van der Waals surface area contributed by atoms with Crippen molar-refractivity contribution in [2.24, 2.45) is 5.41 Å². The van der Waals surface area contributed by atoms with Crippen LogP contribution in [0.5, 0.6) is 0 Å². The van der Waals surface area contributed by atoms with Crippen LogP contribution in [0.25, 0.3) is 0 Å². The lowest BCUT2D eigenvalue weighted by Gasteiger charge is -2.40. The van der Waals surface area contributed by atoms with E-state index in [2.05, 4.69) is 19.8 Å². The van der Waals surface area contributed by atoms with Gasteiger partial charge in [-0.15, -0.1) is 0 Å². The monoisotopic (exact) mass is 326 g/mol. The molecule has 2 aliphatic heterocycles. The molecule has 0 N–H and O–H groups in total. The van der Waals surface area contributed by atoms with Gasteiger partial charge in [-0.1, -0.05) is 12.1 Å². The first-order valence-corrected chi connectivity index (χ1v) is 8.71. The van der Waals surface area contributed by atoms with E-state index in [4.69, 9.17) is 0 Å². The van der Waals surface area contributed by atoms with Crippen molar-refractivity contribution >= 4 is 5.95 Å². The number of halogens is 1. The minimum atomic E-state index is -0.164. The van der Waals surface area contributed by atoms with Gasteiger partial charge in [0, 0.05) is 44.0 Å². The second-order valence-corrected chi connectivity index (χ2v) is 7.16. The minimum Gasteiger partial charge on any atom is -0.340 e. The van der Waals surface area contributed by atoms with Crippen LogP contribution in [0.3, 0.4) is 0 Å². The minimum absolute atomic E-state index is 0.164. The smallest absolute Gasteiger partial charge is 0.225 e. The quantitative estimate of drug-likeness (QED) is 0.867. The Labute approximate surface area is 142 Å². The lowest BCUT2D eigenvalue weighted by Crippen LogP contribution is -2.44. The molecule has 4 rings (SSSR count). The van der Waals surface area contributed by atoms with Crippen molar-refractivity contribution in [3.63, 3.8) is 0 Å². The molecule has 3 heterocycles.